The van der Waals surface area contributed by atoms with E-state index in [0.29, 0.717) is 5.41 Å². The van der Waals surface area contributed by atoms with E-state index in [9.17, 15) is 0 Å². The molecule has 0 heteroatoms. The molecule has 0 fully saturated rings. The van der Waals surface area contributed by atoms with Gasteiger partial charge in [-0.2, -0.15) is 0 Å². The average molecular weight is 174 g/mol. The van der Waals surface area contributed by atoms with Crippen LogP contribution in [0.15, 0.2) is 18.2 Å². The molecule has 0 aromatic heterocycles. The molecule has 1 aromatic carbocycles. The zero-order chi connectivity index (χ0) is 9.47. The summed E-state index contributed by atoms with van der Waals surface area (Å²) in [5, 5.41) is 0. The lowest BCUT2D eigenvalue weighted by molar-refractivity contribution is 0.431. The minimum absolute atomic E-state index is 0.402. The Bertz CT molecular complexity index is 321. The van der Waals surface area contributed by atoms with Crippen molar-refractivity contribution in [3.05, 3.63) is 34.9 Å². The summed E-state index contributed by atoms with van der Waals surface area (Å²) in [4.78, 5) is 0. The van der Waals surface area contributed by atoms with E-state index in [4.69, 9.17) is 0 Å². The summed E-state index contributed by atoms with van der Waals surface area (Å²) in [7, 11) is 0. The van der Waals surface area contributed by atoms with Crippen LogP contribution in [0.4, 0.5) is 0 Å². The molecule has 0 saturated carbocycles. The van der Waals surface area contributed by atoms with Crippen LogP contribution in [0.1, 0.15) is 43.4 Å². The van der Waals surface area contributed by atoms with Gasteiger partial charge in [-0.3, -0.25) is 0 Å². The fourth-order valence-electron chi connectivity index (χ4n) is 2.39. The lowest BCUT2D eigenvalue weighted by Crippen LogP contribution is -2.23. The number of aryl methyl sites for hydroxylation is 2. The van der Waals surface area contributed by atoms with Crippen molar-refractivity contribution in [3.63, 3.8) is 0 Å². The van der Waals surface area contributed by atoms with Gasteiger partial charge in [0.2, 0.25) is 0 Å². The zero-order valence-corrected chi connectivity index (χ0v) is 8.85. The molecule has 13 heavy (non-hydrogen) atoms. The second-order valence-electron chi connectivity index (χ2n) is 4.90. The fourth-order valence-corrected chi connectivity index (χ4v) is 2.39. The van der Waals surface area contributed by atoms with Gasteiger partial charge in [0.25, 0.3) is 0 Å². The van der Waals surface area contributed by atoms with Gasteiger partial charge in [-0.25, -0.2) is 0 Å². The Morgan fingerprint density at radius 2 is 2.00 bits per heavy atom. The molecule has 70 valence electrons. The van der Waals surface area contributed by atoms with Gasteiger partial charge in [0.1, 0.15) is 0 Å². The highest BCUT2D eigenvalue weighted by atomic mass is 14.3. The third-order valence-corrected chi connectivity index (χ3v) is 3.24. The second-order valence-corrected chi connectivity index (χ2v) is 4.90. The zero-order valence-electron chi connectivity index (χ0n) is 8.85. The number of fused-ring (bicyclic) bond motifs is 1. The maximum atomic E-state index is 2.37. The molecule has 1 aromatic rings. The van der Waals surface area contributed by atoms with Gasteiger partial charge in [0, 0.05) is 0 Å². The molecule has 0 nitrogen and oxygen atoms in total. The predicted molar refractivity (Wildman–Crippen MR) is 57.1 cm³/mol. The highest BCUT2D eigenvalue weighted by Crippen LogP contribution is 2.36. The lowest BCUT2D eigenvalue weighted by Gasteiger charge is -2.32. The Hall–Kier alpha value is -0.780. The highest BCUT2D eigenvalue weighted by molar-refractivity contribution is 5.38. The molecule has 0 N–H and O–H groups in total. The smallest absolute Gasteiger partial charge is 0.0101 e. The van der Waals surface area contributed by atoms with Crippen LogP contribution in [0.25, 0.3) is 0 Å². The molecule has 0 aliphatic heterocycles. The molecular weight excluding hydrogens is 156 g/mol. The molecule has 0 atom stereocenters. The van der Waals surface area contributed by atoms with E-state index in [1.165, 1.54) is 24.8 Å². The number of hydrogen-bond acceptors (Lipinski definition) is 0. The van der Waals surface area contributed by atoms with Crippen LogP contribution in [0.2, 0.25) is 0 Å². The first-order chi connectivity index (χ1) is 6.09. The monoisotopic (exact) mass is 174 g/mol. The summed E-state index contributed by atoms with van der Waals surface area (Å²) in [6, 6.07) is 6.92. The van der Waals surface area contributed by atoms with Crippen molar-refractivity contribution in [1.29, 1.82) is 0 Å². The standard InChI is InChI=1S/C13H18/c1-10-6-7-11-5-4-8-13(2,3)12(11)9-10/h6-7,9H,4-5,8H2,1-3H3. The van der Waals surface area contributed by atoms with E-state index >= 15 is 0 Å². The third kappa shape index (κ3) is 1.50. The molecule has 1 aliphatic carbocycles. The Morgan fingerprint density at radius 3 is 2.77 bits per heavy atom. The summed E-state index contributed by atoms with van der Waals surface area (Å²) in [5.74, 6) is 0. The van der Waals surface area contributed by atoms with Crippen molar-refractivity contribution in [2.75, 3.05) is 0 Å². The van der Waals surface area contributed by atoms with Crippen LogP contribution in [0.5, 0.6) is 0 Å². The number of hydrogen-bond donors (Lipinski definition) is 0. The summed E-state index contributed by atoms with van der Waals surface area (Å²) < 4.78 is 0. The van der Waals surface area contributed by atoms with Crippen LogP contribution in [-0.2, 0) is 11.8 Å². The maximum absolute atomic E-state index is 2.37. The molecule has 0 unspecified atom stereocenters. The van der Waals surface area contributed by atoms with Gasteiger partial charge >= 0.3 is 0 Å². The number of rotatable bonds is 0. The second kappa shape index (κ2) is 2.87. The van der Waals surface area contributed by atoms with Crippen molar-refractivity contribution in [2.24, 2.45) is 0 Å². The van der Waals surface area contributed by atoms with Gasteiger partial charge in [-0.05, 0) is 42.7 Å². The summed E-state index contributed by atoms with van der Waals surface area (Å²) in [6.07, 6.45) is 3.96. The maximum Gasteiger partial charge on any atom is -0.0101 e. The van der Waals surface area contributed by atoms with Crippen LogP contribution in [0.3, 0.4) is 0 Å². The van der Waals surface area contributed by atoms with Gasteiger partial charge in [0.05, 0.1) is 0 Å². The van der Waals surface area contributed by atoms with E-state index in [-0.39, 0.29) is 0 Å². The molecule has 0 bridgehead atoms. The lowest BCUT2D eigenvalue weighted by atomic mass is 9.72. The molecule has 0 spiro atoms. The molecular formula is C13H18. The highest BCUT2D eigenvalue weighted by Gasteiger charge is 2.26. The van der Waals surface area contributed by atoms with Gasteiger partial charge in [0.15, 0.2) is 0 Å². The molecule has 1 aliphatic rings. The summed E-state index contributed by atoms with van der Waals surface area (Å²) >= 11 is 0. The van der Waals surface area contributed by atoms with Gasteiger partial charge < -0.3 is 0 Å². The van der Waals surface area contributed by atoms with E-state index in [0.717, 1.165) is 0 Å². The number of benzene rings is 1. The van der Waals surface area contributed by atoms with Crippen molar-refractivity contribution in [3.8, 4) is 0 Å². The molecule has 0 saturated heterocycles. The van der Waals surface area contributed by atoms with E-state index in [1.807, 2.05) is 0 Å². The topological polar surface area (TPSA) is 0 Å². The van der Waals surface area contributed by atoms with Crippen molar-refractivity contribution < 1.29 is 0 Å². The van der Waals surface area contributed by atoms with Crippen LogP contribution < -0.4 is 0 Å². The van der Waals surface area contributed by atoms with Crippen LogP contribution in [-0.4, -0.2) is 0 Å². The Labute approximate surface area is 81.0 Å². The SMILES string of the molecule is Cc1ccc2c(c1)C(C)(C)CCC2. The normalized spacial score (nSPS) is 19.6. The summed E-state index contributed by atoms with van der Waals surface area (Å²) in [6.45, 7) is 6.92. The molecule has 0 heterocycles. The van der Waals surface area contributed by atoms with E-state index in [2.05, 4.69) is 39.0 Å². The van der Waals surface area contributed by atoms with Crippen LogP contribution >= 0.6 is 0 Å². The van der Waals surface area contributed by atoms with E-state index < -0.39 is 0 Å². The van der Waals surface area contributed by atoms with Gasteiger partial charge in [-0.1, -0.05) is 37.6 Å². The largest absolute Gasteiger partial charge is 0.0590 e. The fraction of sp³-hybridized carbons (Fsp3) is 0.538. The molecule has 0 amide bonds. The first-order valence-corrected chi connectivity index (χ1v) is 5.20. The minimum Gasteiger partial charge on any atom is -0.0590 e. The average Bonchev–Trinajstić information content (AvgIpc) is 2.06. The first kappa shape index (κ1) is 8.80. The van der Waals surface area contributed by atoms with Crippen molar-refractivity contribution in [1.82, 2.24) is 0 Å². The van der Waals surface area contributed by atoms with Gasteiger partial charge in [-0.15, -0.1) is 0 Å². The minimum atomic E-state index is 0.402. The molecule has 0 radical (unpaired) electrons. The summed E-state index contributed by atoms with van der Waals surface area (Å²) in [5.41, 5.74) is 4.95. The quantitative estimate of drug-likeness (QED) is 0.563. The van der Waals surface area contributed by atoms with Crippen molar-refractivity contribution in [2.45, 2.75) is 45.4 Å². The molecule has 2 rings (SSSR count). The van der Waals surface area contributed by atoms with Crippen LogP contribution in [0, 0.1) is 6.92 Å². The predicted octanol–water partition coefficient (Wildman–Crippen LogP) is 3.61. The third-order valence-electron chi connectivity index (χ3n) is 3.24. The first-order valence-electron chi connectivity index (χ1n) is 5.20. The van der Waals surface area contributed by atoms with Crippen molar-refractivity contribution >= 4 is 0 Å². The van der Waals surface area contributed by atoms with E-state index in [1.54, 1.807) is 11.1 Å². The Balaban J connectivity index is 2.55. The Morgan fingerprint density at radius 1 is 1.23 bits per heavy atom. The Kier molecular flexibility index (Phi) is 1.94.